The average molecular weight is 244 g/mol. The molecule has 2 rings (SSSR count). The molecule has 0 aromatic rings. The first-order chi connectivity index (χ1) is 7.40. The first kappa shape index (κ1) is 11.3. The Hall–Kier alpha value is -1.24. The van der Waals surface area contributed by atoms with E-state index in [1.807, 2.05) is 0 Å². The second kappa shape index (κ2) is 3.38. The number of fused-ring (bicyclic) bond motifs is 1. The molecular weight excluding hydrogens is 232 g/mol. The number of carboxylic acid groups (broad SMARTS) is 1. The lowest BCUT2D eigenvalue weighted by Gasteiger charge is -2.42. The normalized spacial score (nSPS) is 35.2. The molecule has 2 saturated heterocycles. The molecule has 2 aliphatic rings. The van der Waals surface area contributed by atoms with Crippen molar-refractivity contribution >= 4 is 30.0 Å². The van der Waals surface area contributed by atoms with Crippen molar-refractivity contribution in [1.29, 1.82) is 0 Å². The lowest BCUT2D eigenvalue weighted by Crippen LogP contribution is -2.69. The van der Waals surface area contributed by atoms with Gasteiger partial charge in [-0.3, -0.25) is 9.59 Å². The van der Waals surface area contributed by atoms with Crippen molar-refractivity contribution in [3.63, 3.8) is 0 Å². The number of nitrogens with zero attached hydrogens (tertiary/aromatic N) is 1. The standard InChI is InChI=1S/C9H12N2O4S/c1-9(2)5(8(14)15)11-6(13)4(10-3-12)7(11)16-9/h3-5,7H,1-2H3,(H,10,12)(H,14,15)/t4-,5+,7?/m1/s1. The van der Waals surface area contributed by atoms with E-state index in [4.69, 9.17) is 5.11 Å². The number of carbonyl (C=O) groups excluding carboxylic acids is 2. The summed E-state index contributed by atoms with van der Waals surface area (Å²) >= 11 is 1.41. The van der Waals surface area contributed by atoms with Gasteiger partial charge in [0.25, 0.3) is 0 Å². The van der Waals surface area contributed by atoms with Crippen LogP contribution in [0.15, 0.2) is 0 Å². The van der Waals surface area contributed by atoms with Crippen molar-refractivity contribution in [3.8, 4) is 0 Å². The highest BCUT2D eigenvalue weighted by molar-refractivity contribution is 8.01. The van der Waals surface area contributed by atoms with Crippen molar-refractivity contribution in [2.45, 2.75) is 36.1 Å². The van der Waals surface area contributed by atoms with E-state index in [2.05, 4.69) is 5.32 Å². The Morgan fingerprint density at radius 1 is 1.62 bits per heavy atom. The van der Waals surface area contributed by atoms with Gasteiger partial charge in [-0.25, -0.2) is 4.79 Å². The molecule has 0 aromatic heterocycles. The molecule has 0 aromatic carbocycles. The summed E-state index contributed by atoms with van der Waals surface area (Å²) in [7, 11) is 0. The number of hydrogen-bond donors (Lipinski definition) is 2. The van der Waals surface area contributed by atoms with Gasteiger partial charge in [-0.1, -0.05) is 0 Å². The van der Waals surface area contributed by atoms with Crippen molar-refractivity contribution < 1.29 is 19.5 Å². The van der Waals surface area contributed by atoms with Crippen molar-refractivity contribution in [2.24, 2.45) is 0 Å². The molecule has 3 atom stereocenters. The van der Waals surface area contributed by atoms with E-state index in [0.29, 0.717) is 6.41 Å². The summed E-state index contributed by atoms with van der Waals surface area (Å²) in [4.78, 5) is 34.4. The lowest BCUT2D eigenvalue weighted by molar-refractivity contribution is -0.160. The van der Waals surface area contributed by atoms with Crippen LogP contribution < -0.4 is 5.32 Å². The minimum absolute atomic E-state index is 0.256. The molecular formula is C9H12N2O4S. The Morgan fingerprint density at radius 3 is 2.75 bits per heavy atom. The number of carbonyl (C=O) groups is 3. The summed E-state index contributed by atoms with van der Waals surface area (Å²) < 4.78 is -0.536. The first-order valence-electron chi connectivity index (χ1n) is 4.82. The summed E-state index contributed by atoms with van der Waals surface area (Å²) in [5, 5.41) is 11.3. The Balaban J connectivity index is 2.24. The molecule has 2 amide bonds. The molecule has 0 saturated carbocycles. The Bertz CT molecular complexity index is 371. The van der Waals surface area contributed by atoms with E-state index in [1.165, 1.54) is 16.7 Å². The maximum absolute atomic E-state index is 11.7. The molecule has 16 heavy (non-hydrogen) atoms. The Labute approximate surface area is 96.4 Å². The molecule has 2 fully saturated rings. The van der Waals surface area contributed by atoms with Crippen molar-refractivity contribution in [2.75, 3.05) is 0 Å². The first-order valence-corrected chi connectivity index (χ1v) is 5.70. The minimum atomic E-state index is -1.00. The van der Waals surface area contributed by atoms with Crippen LogP contribution in [-0.2, 0) is 14.4 Å². The van der Waals surface area contributed by atoms with Crippen LogP contribution >= 0.6 is 11.8 Å². The molecule has 0 aliphatic carbocycles. The Morgan fingerprint density at radius 2 is 2.25 bits per heavy atom. The number of carboxylic acids is 1. The van der Waals surface area contributed by atoms with Crippen LogP contribution in [0.3, 0.4) is 0 Å². The number of aliphatic carboxylic acids is 1. The van der Waals surface area contributed by atoms with Gasteiger partial charge in [0, 0.05) is 4.75 Å². The predicted octanol–water partition coefficient (Wildman–Crippen LogP) is -0.752. The zero-order valence-corrected chi connectivity index (χ0v) is 9.65. The summed E-state index contributed by atoms with van der Waals surface area (Å²) in [6.07, 6.45) is 0.474. The molecule has 0 bridgehead atoms. The van der Waals surface area contributed by atoms with Crippen LogP contribution in [0.4, 0.5) is 0 Å². The maximum atomic E-state index is 11.7. The smallest absolute Gasteiger partial charge is 0.327 e. The van der Waals surface area contributed by atoms with E-state index in [-0.39, 0.29) is 11.3 Å². The van der Waals surface area contributed by atoms with E-state index in [9.17, 15) is 14.4 Å². The van der Waals surface area contributed by atoms with Crippen LogP contribution in [0.5, 0.6) is 0 Å². The number of rotatable bonds is 3. The fraction of sp³-hybridized carbons (Fsp3) is 0.667. The van der Waals surface area contributed by atoms with Gasteiger partial charge in [0.1, 0.15) is 17.5 Å². The molecule has 6 nitrogen and oxygen atoms in total. The topological polar surface area (TPSA) is 86.7 Å². The number of thioether (sulfide) groups is 1. The third kappa shape index (κ3) is 1.31. The molecule has 2 heterocycles. The molecule has 88 valence electrons. The third-order valence-electron chi connectivity index (χ3n) is 2.92. The zero-order valence-electron chi connectivity index (χ0n) is 8.84. The highest BCUT2D eigenvalue weighted by Crippen LogP contribution is 2.50. The quantitative estimate of drug-likeness (QED) is 0.504. The average Bonchev–Trinajstić information content (AvgIpc) is 2.43. The molecule has 1 unspecified atom stereocenters. The van der Waals surface area contributed by atoms with Gasteiger partial charge < -0.3 is 15.3 Å². The fourth-order valence-corrected chi connectivity index (χ4v) is 3.88. The summed E-state index contributed by atoms with van der Waals surface area (Å²) in [5.41, 5.74) is 0. The molecule has 0 radical (unpaired) electrons. The van der Waals surface area contributed by atoms with Crippen molar-refractivity contribution in [3.05, 3.63) is 0 Å². The van der Waals surface area contributed by atoms with E-state index in [0.717, 1.165) is 0 Å². The van der Waals surface area contributed by atoms with Crippen LogP contribution in [0.25, 0.3) is 0 Å². The van der Waals surface area contributed by atoms with Gasteiger partial charge in [-0.15, -0.1) is 11.8 Å². The van der Waals surface area contributed by atoms with Gasteiger partial charge >= 0.3 is 5.97 Å². The Kier molecular flexibility index (Phi) is 2.37. The fourth-order valence-electron chi connectivity index (χ4n) is 2.24. The second-order valence-electron chi connectivity index (χ2n) is 4.36. The molecule has 7 heteroatoms. The van der Waals surface area contributed by atoms with Crippen LogP contribution in [-0.4, -0.2) is 50.5 Å². The highest BCUT2D eigenvalue weighted by atomic mass is 32.2. The molecule has 0 spiro atoms. The van der Waals surface area contributed by atoms with Crippen LogP contribution in [0.1, 0.15) is 13.8 Å². The van der Waals surface area contributed by atoms with E-state index < -0.39 is 22.8 Å². The van der Waals surface area contributed by atoms with E-state index in [1.54, 1.807) is 13.8 Å². The number of amides is 2. The summed E-state index contributed by atoms with van der Waals surface area (Å²) in [6.45, 7) is 3.58. The SMILES string of the molecule is CC1(C)SC2[C@H](NC=O)C(=O)N2[C@H]1C(=O)O. The largest absolute Gasteiger partial charge is 0.480 e. The van der Waals surface area contributed by atoms with Gasteiger partial charge in [0.15, 0.2) is 0 Å². The third-order valence-corrected chi connectivity index (χ3v) is 4.49. The number of β-lactam (4-membered cyclic amide) rings is 1. The predicted molar refractivity (Wildman–Crippen MR) is 56.7 cm³/mol. The number of hydrogen-bond acceptors (Lipinski definition) is 4. The maximum Gasteiger partial charge on any atom is 0.327 e. The van der Waals surface area contributed by atoms with E-state index >= 15 is 0 Å². The molecule has 2 aliphatic heterocycles. The van der Waals surface area contributed by atoms with Crippen LogP contribution in [0.2, 0.25) is 0 Å². The second-order valence-corrected chi connectivity index (χ2v) is 6.13. The number of nitrogens with one attached hydrogen (secondary N) is 1. The molecule has 2 N–H and O–H groups in total. The zero-order chi connectivity index (χ0) is 12.1. The highest BCUT2D eigenvalue weighted by Gasteiger charge is 2.63. The van der Waals surface area contributed by atoms with Crippen LogP contribution in [0, 0.1) is 0 Å². The lowest BCUT2D eigenvalue weighted by atomic mass is 9.96. The van der Waals surface area contributed by atoms with Gasteiger partial charge in [-0.05, 0) is 13.8 Å². The van der Waals surface area contributed by atoms with Gasteiger partial charge in [0.2, 0.25) is 12.3 Å². The summed E-state index contributed by atoms with van der Waals surface area (Å²) in [5.74, 6) is -1.32. The monoisotopic (exact) mass is 244 g/mol. The minimum Gasteiger partial charge on any atom is -0.480 e. The van der Waals surface area contributed by atoms with Gasteiger partial charge in [-0.2, -0.15) is 0 Å². The summed E-state index contributed by atoms with van der Waals surface area (Å²) in [6, 6.07) is -1.40. The van der Waals surface area contributed by atoms with Crippen molar-refractivity contribution in [1.82, 2.24) is 10.2 Å². The van der Waals surface area contributed by atoms with Gasteiger partial charge in [0.05, 0.1) is 0 Å².